The highest BCUT2D eigenvalue weighted by Gasteiger charge is 2.23. The van der Waals surface area contributed by atoms with E-state index in [1.807, 2.05) is 68.4 Å². The molecule has 2 aromatic carbocycles. The van der Waals surface area contributed by atoms with Gasteiger partial charge in [-0.05, 0) is 22.6 Å². The molecular formula is C23H27N5O2. The molecule has 0 saturated carbocycles. The fourth-order valence-corrected chi connectivity index (χ4v) is 3.10. The Labute approximate surface area is 176 Å². The Bertz CT molecular complexity index is 937. The van der Waals surface area contributed by atoms with E-state index in [1.54, 1.807) is 11.0 Å². The molecule has 7 nitrogen and oxygen atoms in total. The predicted octanol–water partition coefficient (Wildman–Crippen LogP) is 2.33. The minimum Gasteiger partial charge on any atom is -0.350 e. The summed E-state index contributed by atoms with van der Waals surface area (Å²) < 4.78 is 1.75. The van der Waals surface area contributed by atoms with Crippen LogP contribution in [0.5, 0.6) is 0 Å². The van der Waals surface area contributed by atoms with Crippen LogP contribution in [0.25, 0.3) is 0 Å². The molecule has 7 heteroatoms. The van der Waals surface area contributed by atoms with Crippen molar-refractivity contribution in [3.8, 4) is 0 Å². The van der Waals surface area contributed by atoms with Gasteiger partial charge in [-0.1, -0.05) is 68.4 Å². The lowest BCUT2D eigenvalue weighted by Crippen LogP contribution is -2.49. The zero-order valence-electron chi connectivity index (χ0n) is 17.3. The molecule has 1 unspecified atom stereocenters. The third-order valence-corrected chi connectivity index (χ3v) is 4.77. The van der Waals surface area contributed by atoms with Gasteiger partial charge >= 0.3 is 0 Å². The molecule has 156 valence electrons. The second-order valence-electron chi connectivity index (χ2n) is 7.58. The first-order valence-corrected chi connectivity index (χ1v) is 10.0. The molecule has 3 aromatic rings. The van der Waals surface area contributed by atoms with Crippen molar-refractivity contribution in [3.05, 3.63) is 83.9 Å². The summed E-state index contributed by atoms with van der Waals surface area (Å²) in [5, 5.41) is 9.89. The highest BCUT2D eigenvalue weighted by Crippen LogP contribution is 2.08. The Morgan fingerprint density at radius 1 is 0.967 bits per heavy atom. The quantitative estimate of drug-likeness (QED) is 0.572. The Hall–Kier alpha value is -3.48. The van der Waals surface area contributed by atoms with Gasteiger partial charge in [0, 0.05) is 6.54 Å². The summed E-state index contributed by atoms with van der Waals surface area (Å²) in [6, 6.07) is 16.9. The number of carbonyl (C=O) groups excluding carboxylic acids is 2. The number of rotatable bonds is 9. The van der Waals surface area contributed by atoms with Gasteiger partial charge in [-0.15, -0.1) is 0 Å². The molecule has 3 rings (SSSR count). The fraction of sp³-hybridized carbons (Fsp3) is 0.304. The maximum absolute atomic E-state index is 12.7. The Balaban J connectivity index is 1.51. The molecule has 1 atom stereocenters. The van der Waals surface area contributed by atoms with Crippen molar-refractivity contribution in [2.75, 3.05) is 0 Å². The molecule has 1 heterocycles. The molecule has 0 saturated heterocycles. The van der Waals surface area contributed by atoms with Crippen LogP contribution >= 0.6 is 0 Å². The molecule has 0 aliphatic rings. The molecule has 0 aliphatic carbocycles. The van der Waals surface area contributed by atoms with Crippen molar-refractivity contribution in [1.29, 1.82) is 0 Å². The Morgan fingerprint density at radius 2 is 1.67 bits per heavy atom. The SMILES string of the molecule is CC(C)C(NC(=O)Cc1ccccc1)C(=O)NCc1ccc(Cn2cncn2)cc1. The summed E-state index contributed by atoms with van der Waals surface area (Å²) in [5.41, 5.74) is 3.01. The first-order chi connectivity index (χ1) is 14.5. The zero-order chi connectivity index (χ0) is 21.3. The van der Waals surface area contributed by atoms with E-state index in [-0.39, 0.29) is 24.2 Å². The fourth-order valence-electron chi connectivity index (χ4n) is 3.10. The third kappa shape index (κ3) is 6.27. The van der Waals surface area contributed by atoms with Crippen molar-refractivity contribution >= 4 is 11.8 Å². The summed E-state index contributed by atoms with van der Waals surface area (Å²) in [6.45, 7) is 4.90. The normalized spacial score (nSPS) is 11.8. The third-order valence-electron chi connectivity index (χ3n) is 4.77. The van der Waals surface area contributed by atoms with E-state index in [1.165, 1.54) is 6.33 Å². The second kappa shape index (κ2) is 10.3. The first kappa shape index (κ1) is 21.2. The smallest absolute Gasteiger partial charge is 0.243 e. The monoisotopic (exact) mass is 405 g/mol. The van der Waals surface area contributed by atoms with Gasteiger partial charge in [0.2, 0.25) is 11.8 Å². The van der Waals surface area contributed by atoms with Crippen molar-refractivity contribution in [2.45, 2.75) is 39.4 Å². The zero-order valence-corrected chi connectivity index (χ0v) is 17.3. The van der Waals surface area contributed by atoms with Crippen LogP contribution in [0.3, 0.4) is 0 Å². The largest absolute Gasteiger partial charge is 0.350 e. The molecule has 2 amide bonds. The van der Waals surface area contributed by atoms with Crippen LogP contribution in [0.15, 0.2) is 67.3 Å². The Morgan fingerprint density at radius 3 is 2.30 bits per heavy atom. The molecule has 30 heavy (non-hydrogen) atoms. The molecule has 0 fully saturated rings. The lowest BCUT2D eigenvalue weighted by Gasteiger charge is -2.22. The van der Waals surface area contributed by atoms with Crippen LogP contribution in [0, 0.1) is 5.92 Å². The van der Waals surface area contributed by atoms with Gasteiger partial charge < -0.3 is 10.6 Å². The number of nitrogens with zero attached hydrogens (tertiary/aromatic N) is 3. The maximum atomic E-state index is 12.7. The number of hydrogen-bond donors (Lipinski definition) is 2. The van der Waals surface area contributed by atoms with E-state index in [0.717, 1.165) is 16.7 Å². The van der Waals surface area contributed by atoms with Gasteiger partial charge in [0.1, 0.15) is 18.7 Å². The van der Waals surface area contributed by atoms with E-state index < -0.39 is 6.04 Å². The van der Waals surface area contributed by atoms with E-state index >= 15 is 0 Å². The first-order valence-electron chi connectivity index (χ1n) is 10.0. The number of nitrogens with one attached hydrogen (secondary N) is 2. The summed E-state index contributed by atoms with van der Waals surface area (Å²) in [4.78, 5) is 29.0. The van der Waals surface area contributed by atoms with Gasteiger partial charge in [0.05, 0.1) is 13.0 Å². The van der Waals surface area contributed by atoms with Crippen LogP contribution in [0.1, 0.15) is 30.5 Å². The van der Waals surface area contributed by atoms with Crippen molar-refractivity contribution in [3.63, 3.8) is 0 Å². The number of aromatic nitrogens is 3. The molecule has 1 aromatic heterocycles. The summed E-state index contributed by atoms with van der Waals surface area (Å²) >= 11 is 0. The molecule has 2 N–H and O–H groups in total. The van der Waals surface area contributed by atoms with E-state index in [2.05, 4.69) is 20.7 Å². The Kier molecular flexibility index (Phi) is 7.32. The molecule has 0 radical (unpaired) electrons. The van der Waals surface area contributed by atoms with Crippen LogP contribution in [-0.2, 0) is 29.1 Å². The highest BCUT2D eigenvalue weighted by atomic mass is 16.2. The van der Waals surface area contributed by atoms with E-state index in [0.29, 0.717) is 13.1 Å². The van der Waals surface area contributed by atoms with Crippen LogP contribution in [-0.4, -0.2) is 32.6 Å². The highest BCUT2D eigenvalue weighted by molar-refractivity contribution is 5.88. The van der Waals surface area contributed by atoms with E-state index in [4.69, 9.17) is 0 Å². The average Bonchev–Trinajstić information content (AvgIpc) is 3.25. The lowest BCUT2D eigenvalue weighted by atomic mass is 10.0. The molecular weight excluding hydrogens is 378 g/mol. The standard InChI is InChI=1S/C23H27N5O2/c1-17(2)22(27-21(29)12-18-6-4-3-5-7-18)23(30)25-13-19-8-10-20(11-9-19)14-28-16-24-15-26-28/h3-11,15-17,22H,12-14H2,1-2H3,(H,25,30)(H,27,29). The number of carbonyl (C=O) groups is 2. The van der Waals surface area contributed by atoms with Crippen LogP contribution in [0.4, 0.5) is 0 Å². The maximum Gasteiger partial charge on any atom is 0.243 e. The van der Waals surface area contributed by atoms with Gasteiger partial charge in [0.25, 0.3) is 0 Å². The molecule has 0 aliphatic heterocycles. The number of amides is 2. The summed E-state index contributed by atoms with van der Waals surface area (Å²) in [6.07, 6.45) is 3.44. The van der Waals surface area contributed by atoms with E-state index in [9.17, 15) is 9.59 Å². The van der Waals surface area contributed by atoms with Gasteiger partial charge in [-0.25, -0.2) is 9.67 Å². The van der Waals surface area contributed by atoms with Crippen LogP contribution in [0.2, 0.25) is 0 Å². The van der Waals surface area contributed by atoms with Gasteiger partial charge in [-0.3, -0.25) is 9.59 Å². The van der Waals surface area contributed by atoms with Crippen molar-refractivity contribution < 1.29 is 9.59 Å². The topological polar surface area (TPSA) is 88.9 Å². The molecule has 0 spiro atoms. The summed E-state index contributed by atoms with van der Waals surface area (Å²) in [5.74, 6) is -0.361. The minimum atomic E-state index is -0.576. The van der Waals surface area contributed by atoms with Gasteiger partial charge in [0.15, 0.2) is 0 Å². The minimum absolute atomic E-state index is 0.0187. The van der Waals surface area contributed by atoms with Crippen LogP contribution < -0.4 is 10.6 Å². The predicted molar refractivity (Wildman–Crippen MR) is 114 cm³/mol. The van der Waals surface area contributed by atoms with Gasteiger partial charge in [-0.2, -0.15) is 5.10 Å². The average molecular weight is 406 g/mol. The lowest BCUT2D eigenvalue weighted by molar-refractivity contribution is -0.129. The van der Waals surface area contributed by atoms with Crippen molar-refractivity contribution in [2.24, 2.45) is 5.92 Å². The summed E-state index contributed by atoms with van der Waals surface area (Å²) in [7, 11) is 0. The number of hydrogen-bond acceptors (Lipinski definition) is 4. The molecule has 0 bridgehead atoms. The van der Waals surface area contributed by atoms with Crippen molar-refractivity contribution in [1.82, 2.24) is 25.4 Å². The number of benzene rings is 2. The second-order valence-corrected chi connectivity index (χ2v) is 7.58.